The summed E-state index contributed by atoms with van der Waals surface area (Å²) in [5.74, 6) is 0. The van der Waals surface area contributed by atoms with Gasteiger partial charge in [0, 0.05) is 0 Å². The third kappa shape index (κ3) is 0.874. The van der Waals surface area contributed by atoms with Crippen molar-refractivity contribution in [2.24, 2.45) is 5.73 Å². The number of hydrogen-bond acceptors (Lipinski definition) is 4. The Kier molecular flexibility index (Phi) is 1.10. The standard InChI is InChI=1S/C8H9N5/c9-8(1-2-8)6-5-7(12-3-10-5)13-4-11-6/h3-4H,1-2,9H2,(H,10,11,12,13). The third-order valence-electron chi connectivity index (χ3n) is 2.48. The number of hydrogen-bond donors (Lipinski definition) is 2. The predicted octanol–water partition coefficient (Wildman–Crippen LogP) is 0.301. The summed E-state index contributed by atoms with van der Waals surface area (Å²) < 4.78 is 0. The van der Waals surface area contributed by atoms with Crippen molar-refractivity contribution in [3.63, 3.8) is 0 Å². The Labute approximate surface area is 74.4 Å². The molecule has 1 aliphatic rings. The van der Waals surface area contributed by atoms with Gasteiger partial charge in [0.05, 0.1) is 17.6 Å². The van der Waals surface area contributed by atoms with E-state index in [0.717, 1.165) is 24.1 Å². The molecule has 3 N–H and O–H groups in total. The number of aromatic nitrogens is 4. The van der Waals surface area contributed by atoms with Crippen molar-refractivity contribution in [3.05, 3.63) is 18.3 Å². The number of H-pyrrole nitrogens is 1. The second-order valence-electron chi connectivity index (χ2n) is 3.48. The first-order valence-electron chi connectivity index (χ1n) is 4.23. The molecule has 0 aliphatic heterocycles. The van der Waals surface area contributed by atoms with Gasteiger partial charge in [-0.3, -0.25) is 0 Å². The van der Waals surface area contributed by atoms with Crippen LogP contribution in [0.1, 0.15) is 18.5 Å². The van der Waals surface area contributed by atoms with Gasteiger partial charge in [-0.25, -0.2) is 15.0 Å². The normalized spacial score (nSPS) is 19.2. The molecule has 3 rings (SSSR count). The molecule has 1 fully saturated rings. The molecule has 0 aromatic carbocycles. The predicted molar refractivity (Wildman–Crippen MR) is 46.8 cm³/mol. The highest BCUT2D eigenvalue weighted by Crippen LogP contribution is 2.43. The van der Waals surface area contributed by atoms with E-state index in [4.69, 9.17) is 5.73 Å². The van der Waals surface area contributed by atoms with E-state index in [-0.39, 0.29) is 5.54 Å². The lowest BCUT2D eigenvalue weighted by atomic mass is 10.2. The van der Waals surface area contributed by atoms with E-state index < -0.39 is 0 Å². The Morgan fingerprint density at radius 2 is 2.15 bits per heavy atom. The molecule has 0 unspecified atom stereocenters. The number of nitrogens with one attached hydrogen (secondary N) is 1. The molecule has 66 valence electrons. The van der Waals surface area contributed by atoms with Crippen molar-refractivity contribution in [1.82, 2.24) is 19.9 Å². The Balaban J connectivity index is 2.33. The average molecular weight is 175 g/mol. The first-order valence-corrected chi connectivity index (χ1v) is 4.23. The van der Waals surface area contributed by atoms with Crippen molar-refractivity contribution in [2.75, 3.05) is 0 Å². The molecule has 1 saturated carbocycles. The van der Waals surface area contributed by atoms with Gasteiger partial charge in [-0.15, -0.1) is 0 Å². The maximum absolute atomic E-state index is 6.06. The lowest BCUT2D eigenvalue weighted by molar-refractivity contribution is 0.712. The first kappa shape index (κ1) is 6.97. The maximum Gasteiger partial charge on any atom is 0.180 e. The van der Waals surface area contributed by atoms with Gasteiger partial charge < -0.3 is 10.7 Å². The fourth-order valence-electron chi connectivity index (χ4n) is 1.51. The van der Waals surface area contributed by atoms with Crippen LogP contribution in [0, 0.1) is 0 Å². The number of imidazole rings is 1. The fraction of sp³-hybridized carbons (Fsp3) is 0.375. The van der Waals surface area contributed by atoms with E-state index in [1.54, 1.807) is 6.33 Å². The summed E-state index contributed by atoms with van der Waals surface area (Å²) in [5.41, 5.74) is 8.30. The molecule has 0 spiro atoms. The van der Waals surface area contributed by atoms with Crippen LogP contribution in [0.15, 0.2) is 12.7 Å². The van der Waals surface area contributed by atoms with Crippen LogP contribution in [0.5, 0.6) is 0 Å². The van der Waals surface area contributed by atoms with Gasteiger partial charge >= 0.3 is 0 Å². The minimum absolute atomic E-state index is 0.228. The first-order chi connectivity index (χ1) is 6.30. The van der Waals surface area contributed by atoms with Crippen molar-refractivity contribution >= 4 is 11.2 Å². The van der Waals surface area contributed by atoms with Crippen LogP contribution in [0.4, 0.5) is 0 Å². The van der Waals surface area contributed by atoms with Gasteiger partial charge in [-0.2, -0.15) is 0 Å². The zero-order chi connectivity index (χ0) is 8.89. The third-order valence-corrected chi connectivity index (χ3v) is 2.48. The summed E-state index contributed by atoms with van der Waals surface area (Å²) in [7, 11) is 0. The highest BCUT2D eigenvalue weighted by atomic mass is 15.0. The van der Waals surface area contributed by atoms with E-state index in [0.29, 0.717) is 5.65 Å². The monoisotopic (exact) mass is 175 g/mol. The average Bonchev–Trinajstić information content (AvgIpc) is 2.72. The highest BCUT2D eigenvalue weighted by molar-refractivity contribution is 5.73. The lowest BCUT2D eigenvalue weighted by Gasteiger charge is -2.06. The Morgan fingerprint density at radius 1 is 1.31 bits per heavy atom. The lowest BCUT2D eigenvalue weighted by Crippen LogP contribution is -2.20. The van der Waals surface area contributed by atoms with E-state index in [9.17, 15) is 0 Å². The minimum atomic E-state index is -0.228. The zero-order valence-corrected chi connectivity index (χ0v) is 6.99. The number of nitrogens with two attached hydrogens (primary N) is 1. The Morgan fingerprint density at radius 3 is 2.92 bits per heavy atom. The van der Waals surface area contributed by atoms with Crippen molar-refractivity contribution in [1.29, 1.82) is 0 Å². The van der Waals surface area contributed by atoms with Crippen LogP contribution in [0.25, 0.3) is 11.2 Å². The summed E-state index contributed by atoms with van der Waals surface area (Å²) >= 11 is 0. The van der Waals surface area contributed by atoms with E-state index in [2.05, 4.69) is 19.9 Å². The van der Waals surface area contributed by atoms with Crippen molar-refractivity contribution in [2.45, 2.75) is 18.4 Å². The largest absolute Gasteiger partial charge is 0.342 e. The molecule has 1 aliphatic carbocycles. The molecule has 2 aromatic rings. The van der Waals surface area contributed by atoms with Gasteiger partial charge in [0.1, 0.15) is 11.8 Å². The minimum Gasteiger partial charge on any atom is -0.342 e. The van der Waals surface area contributed by atoms with Gasteiger partial charge in [-0.05, 0) is 12.8 Å². The number of rotatable bonds is 1. The number of nitrogens with zero attached hydrogens (tertiary/aromatic N) is 3. The molecule has 0 radical (unpaired) electrons. The van der Waals surface area contributed by atoms with Crippen molar-refractivity contribution < 1.29 is 0 Å². The summed E-state index contributed by atoms with van der Waals surface area (Å²) in [6.07, 6.45) is 5.14. The summed E-state index contributed by atoms with van der Waals surface area (Å²) in [6.45, 7) is 0. The topological polar surface area (TPSA) is 80.5 Å². The molecular formula is C8H9N5. The molecule has 2 aromatic heterocycles. The molecule has 0 atom stereocenters. The van der Waals surface area contributed by atoms with E-state index in [1.807, 2.05) is 0 Å². The second-order valence-corrected chi connectivity index (χ2v) is 3.48. The summed E-state index contributed by atoms with van der Waals surface area (Å²) in [6, 6.07) is 0. The zero-order valence-electron chi connectivity index (χ0n) is 6.99. The molecule has 5 nitrogen and oxygen atoms in total. The van der Waals surface area contributed by atoms with Gasteiger partial charge in [-0.1, -0.05) is 0 Å². The Bertz CT molecular complexity index is 456. The maximum atomic E-state index is 6.06. The molecule has 0 saturated heterocycles. The van der Waals surface area contributed by atoms with E-state index in [1.165, 1.54) is 6.33 Å². The van der Waals surface area contributed by atoms with Gasteiger partial charge in [0.25, 0.3) is 0 Å². The fourth-order valence-corrected chi connectivity index (χ4v) is 1.51. The number of aromatic amines is 1. The molecule has 5 heteroatoms. The summed E-state index contributed by atoms with van der Waals surface area (Å²) in [5, 5.41) is 0. The molecule has 13 heavy (non-hydrogen) atoms. The van der Waals surface area contributed by atoms with Gasteiger partial charge in [0.2, 0.25) is 0 Å². The van der Waals surface area contributed by atoms with Gasteiger partial charge in [0.15, 0.2) is 5.65 Å². The molecule has 0 bridgehead atoms. The second kappa shape index (κ2) is 2.05. The van der Waals surface area contributed by atoms with Crippen LogP contribution in [0.2, 0.25) is 0 Å². The quantitative estimate of drug-likeness (QED) is 0.653. The molecular weight excluding hydrogens is 166 g/mol. The SMILES string of the molecule is NC1(c2ncnc3nc[nH]c23)CC1. The molecule has 0 amide bonds. The molecule has 2 heterocycles. The Hall–Kier alpha value is -1.49. The summed E-state index contributed by atoms with van der Waals surface area (Å²) in [4.78, 5) is 15.3. The van der Waals surface area contributed by atoms with E-state index >= 15 is 0 Å². The van der Waals surface area contributed by atoms with Crippen LogP contribution in [0.3, 0.4) is 0 Å². The van der Waals surface area contributed by atoms with Crippen LogP contribution in [-0.2, 0) is 5.54 Å². The smallest absolute Gasteiger partial charge is 0.180 e. The van der Waals surface area contributed by atoms with Crippen LogP contribution < -0.4 is 5.73 Å². The van der Waals surface area contributed by atoms with Crippen LogP contribution in [-0.4, -0.2) is 19.9 Å². The van der Waals surface area contributed by atoms with Crippen molar-refractivity contribution in [3.8, 4) is 0 Å². The van der Waals surface area contributed by atoms with Crippen LogP contribution >= 0.6 is 0 Å². The highest BCUT2D eigenvalue weighted by Gasteiger charge is 2.43. The number of fused-ring (bicyclic) bond motifs is 1.